The number of hydrogen-bond donors (Lipinski definition) is 1. The molecule has 1 unspecified atom stereocenters. The van der Waals surface area contributed by atoms with Crippen molar-refractivity contribution in [2.75, 3.05) is 7.11 Å². The van der Waals surface area contributed by atoms with Gasteiger partial charge in [0, 0.05) is 12.5 Å². The molecule has 1 heterocycles. The van der Waals surface area contributed by atoms with Crippen LogP contribution in [0.1, 0.15) is 41.7 Å². The van der Waals surface area contributed by atoms with E-state index < -0.39 is 18.0 Å². The number of carbonyl (C=O) groups excluding carboxylic acids is 2. The number of nitrogens with zero attached hydrogens (tertiary/aromatic N) is 1. The molecule has 19 heavy (non-hydrogen) atoms. The predicted octanol–water partition coefficient (Wildman–Crippen LogP) is 1.49. The Kier molecular flexibility index (Phi) is 6.44. The Balaban J connectivity index is 2.62. The number of amides is 1. The first-order valence-corrected chi connectivity index (χ1v) is 6.90. The molecule has 1 amide bonds. The van der Waals surface area contributed by atoms with Crippen LogP contribution < -0.4 is 5.73 Å². The highest BCUT2D eigenvalue weighted by atomic mass is 32.1. The van der Waals surface area contributed by atoms with Crippen molar-refractivity contribution in [3.63, 3.8) is 0 Å². The number of nitrogens with two attached hydrogens (primary N) is 1. The quantitative estimate of drug-likeness (QED) is 0.731. The maximum Gasteiger partial charge on any atom is 0.358 e. The van der Waals surface area contributed by atoms with Gasteiger partial charge in [-0.1, -0.05) is 13.3 Å². The molecule has 0 aliphatic heterocycles. The Hall–Kier alpha value is -1.47. The number of thiazole rings is 1. The highest BCUT2D eigenvalue weighted by molar-refractivity contribution is 7.09. The third kappa shape index (κ3) is 4.96. The topological polar surface area (TPSA) is 91.5 Å². The van der Waals surface area contributed by atoms with Gasteiger partial charge in [-0.15, -0.1) is 11.3 Å². The minimum Gasteiger partial charge on any atom is -0.448 e. The molecule has 0 aliphatic carbocycles. The van der Waals surface area contributed by atoms with E-state index in [9.17, 15) is 9.59 Å². The second-order valence-electron chi connectivity index (χ2n) is 4.00. The van der Waals surface area contributed by atoms with Crippen molar-refractivity contribution < 1.29 is 19.1 Å². The number of unbranched alkanes of at least 4 members (excludes halogenated alkanes) is 1. The van der Waals surface area contributed by atoms with Crippen LogP contribution in [-0.4, -0.2) is 30.1 Å². The third-order valence-electron chi connectivity index (χ3n) is 2.42. The molecular formula is C12H18N2O4S. The van der Waals surface area contributed by atoms with E-state index in [1.807, 2.05) is 6.92 Å². The third-order valence-corrected chi connectivity index (χ3v) is 3.24. The van der Waals surface area contributed by atoms with Gasteiger partial charge < -0.3 is 15.2 Å². The van der Waals surface area contributed by atoms with E-state index in [4.69, 9.17) is 15.2 Å². The van der Waals surface area contributed by atoms with E-state index in [-0.39, 0.29) is 5.69 Å². The molecule has 7 heteroatoms. The van der Waals surface area contributed by atoms with Crippen molar-refractivity contribution in [1.29, 1.82) is 0 Å². The fraction of sp³-hybridized carbons (Fsp3) is 0.583. The Labute approximate surface area is 115 Å². The maximum atomic E-state index is 11.8. The molecule has 0 bridgehead atoms. The zero-order chi connectivity index (χ0) is 14.3. The molecule has 1 atom stereocenters. The van der Waals surface area contributed by atoms with Gasteiger partial charge in [0.05, 0.1) is 6.61 Å². The van der Waals surface area contributed by atoms with E-state index in [1.165, 1.54) is 11.3 Å². The van der Waals surface area contributed by atoms with E-state index in [0.717, 1.165) is 12.8 Å². The number of ether oxygens (including phenoxy) is 2. The molecule has 0 spiro atoms. The van der Waals surface area contributed by atoms with Gasteiger partial charge in [0.15, 0.2) is 11.8 Å². The molecule has 0 aromatic carbocycles. The molecule has 1 aromatic rings. The molecule has 6 nitrogen and oxygen atoms in total. The van der Waals surface area contributed by atoms with E-state index in [0.29, 0.717) is 18.0 Å². The summed E-state index contributed by atoms with van der Waals surface area (Å²) in [6.45, 7) is 2.32. The SMILES string of the molecule is CCCCC(OC(=O)c1csc(COC)n1)C(N)=O. The van der Waals surface area contributed by atoms with Gasteiger partial charge in [0.25, 0.3) is 5.91 Å². The summed E-state index contributed by atoms with van der Waals surface area (Å²) in [5, 5.41) is 2.26. The lowest BCUT2D eigenvalue weighted by molar-refractivity contribution is -0.127. The van der Waals surface area contributed by atoms with Crippen LogP contribution in [0.5, 0.6) is 0 Å². The first-order chi connectivity index (χ1) is 9.08. The minimum absolute atomic E-state index is 0.180. The van der Waals surface area contributed by atoms with E-state index in [1.54, 1.807) is 12.5 Å². The highest BCUT2D eigenvalue weighted by Gasteiger charge is 2.22. The Bertz CT molecular complexity index is 433. The lowest BCUT2D eigenvalue weighted by atomic mass is 10.1. The van der Waals surface area contributed by atoms with E-state index in [2.05, 4.69) is 4.98 Å². The van der Waals surface area contributed by atoms with Crippen LogP contribution in [-0.2, 0) is 20.9 Å². The summed E-state index contributed by atoms with van der Waals surface area (Å²) < 4.78 is 10.00. The first-order valence-electron chi connectivity index (χ1n) is 6.02. The summed E-state index contributed by atoms with van der Waals surface area (Å²) in [5.41, 5.74) is 5.38. The number of methoxy groups -OCH3 is 1. The zero-order valence-electron chi connectivity index (χ0n) is 11.0. The number of aromatic nitrogens is 1. The van der Waals surface area contributed by atoms with Crippen LogP contribution in [0.25, 0.3) is 0 Å². The summed E-state index contributed by atoms with van der Waals surface area (Å²) in [6, 6.07) is 0. The molecule has 1 rings (SSSR count). The standard InChI is InChI=1S/C12H18N2O4S/c1-3-4-5-9(11(13)15)18-12(16)8-7-19-10(14-8)6-17-2/h7,9H,3-6H2,1-2H3,(H2,13,15). The van der Waals surface area contributed by atoms with Crippen LogP contribution in [0.2, 0.25) is 0 Å². The lowest BCUT2D eigenvalue weighted by Gasteiger charge is -2.13. The lowest BCUT2D eigenvalue weighted by Crippen LogP contribution is -2.33. The van der Waals surface area contributed by atoms with Crippen molar-refractivity contribution in [1.82, 2.24) is 4.98 Å². The molecule has 2 N–H and O–H groups in total. The molecular weight excluding hydrogens is 268 g/mol. The smallest absolute Gasteiger partial charge is 0.358 e. The highest BCUT2D eigenvalue weighted by Crippen LogP contribution is 2.14. The summed E-state index contributed by atoms with van der Waals surface area (Å²) in [6.07, 6.45) is 1.22. The Morgan fingerprint density at radius 2 is 2.26 bits per heavy atom. The van der Waals surface area contributed by atoms with Crippen LogP contribution in [0.3, 0.4) is 0 Å². The molecule has 0 radical (unpaired) electrons. The normalized spacial score (nSPS) is 12.1. The fourth-order valence-electron chi connectivity index (χ4n) is 1.43. The maximum absolute atomic E-state index is 11.8. The van der Waals surface area contributed by atoms with Crippen LogP contribution in [0, 0.1) is 0 Å². The van der Waals surface area contributed by atoms with Crippen molar-refractivity contribution in [3.05, 3.63) is 16.1 Å². The average Bonchev–Trinajstić information content (AvgIpc) is 2.83. The minimum atomic E-state index is -0.889. The average molecular weight is 286 g/mol. The van der Waals surface area contributed by atoms with E-state index >= 15 is 0 Å². The molecule has 1 aromatic heterocycles. The second-order valence-corrected chi connectivity index (χ2v) is 4.94. The van der Waals surface area contributed by atoms with Gasteiger partial charge in [-0.25, -0.2) is 9.78 Å². The van der Waals surface area contributed by atoms with Crippen LogP contribution in [0.4, 0.5) is 0 Å². The van der Waals surface area contributed by atoms with Gasteiger partial charge >= 0.3 is 5.97 Å². The van der Waals surface area contributed by atoms with Crippen molar-refractivity contribution >= 4 is 23.2 Å². The number of esters is 1. The summed E-state index contributed by atoms with van der Waals surface area (Å²) >= 11 is 1.30. The Morgan fingerprint density at radius 1 is 1.53 bits per heavy atom. The number of rotatable bonds is 8. The largest absolute Gasteiger partial charge is 0.448 e. The van der Waals surface area contributed by atoms with Crippen molar-refractivity contribution in [2.24, 2.45) is 5.73 Å². The van der Waals surface area contributed by atoms with Crippen molar-refractivity contribution in [2.45, 2.75) is 38.9 Å². The first kappa shape index (κ1) is 15.6. The van der Waals surface area contributed by atoms with Gasteiger partial charge in [0.1, 0.15) is 5.01 Å². The molecule has 106 valence electrons. The molecule has 0 saturated heterocycles. The van der Waals surface area contributed by atoms with Gasteiger partial charge in [-0.05, 0) is 12.8 Å². The number of carbonyl (C=O) groups is 2. The number of hydrogen-bond acceptors (Lipinski definition) is 6. The second kappa shape index (κ2) is 7.85. The van der Waals surface area contributed by atoms with Gasteiger partial charge in [0.2, 0.25) is 0 Å². The van der Waals surface area contributed by atoms with Crippen LogP contribution >= 0.6 is 11.3 Å². The predicted molar refractivity (Wildman–Crippen MR) is 70.7 cm³/mol. The van der Waals surface area contributed by atoms with Crippen LogP contribution in [0.15, 0.2) is 5.38 Å². The molecule has 0 saturated carbocycles. The zero-order valence-corrected chi connectivity index (χ0v) is 11.9. The fourth-order valence-corrected chi connectivity index (χ4v) is 2.17. The summed E-state index contributed by atoms with van der Waals surface area (Å²) in [5.74, 6) is -1.26. The van der Waals surface area contributed by atoms with Gasteiger partial charge in [-0.2, -0.15) is 0 Å². The summed E-state index contributed by atoms with van der Waals surface area (Å²) in [7, 11) is 1.55. The Morgan fingerprint density at radius 3 is 2.84 bits per heavy atom. The van der Waals surface area contributed by atoms with Crippen molar-refractivity contribution in [3.8, 4) is 0 Å². The number of primary amides is 1. The molecule has 0 aliphatic rings. The summed E-state index contributed by atoms with van der Waals surface area (Å²) in [4.78, 5) is 27.1. The monoisotopic (exact) mass is 286 g/mol. The molecule has 0 fully saturated rings. The van der Waals surface area contributed by atoms with Gasteiger partial charge in [-0.3, -0.25) is 4.79 Å².